The SMILES string of the molecule is C=C(C)[C@@H]1CC[C@]2(NCC(=O)N3CCCS(=O)(=O)CC3)CC[C@]3(C)[C@H](CC[C@@H]4[C@@]5(C)CC=C(C6=CC[C@](CF)(C(=O)O)CC6)C(C)(C)[C@@H]5CC[C@]43C)[C@@H]12. The van der Waals surface area contributed by atoms with Gasteiger partial charge in [-0.25, -0.2) is 12.8 Å². The van der Waals surface area contributed by atoms with Crippen LogP contribution >= 0.6 is 0 Å². The van der Waals surface area contributed by atoms with Crippen LogP contribution in [0, 0.1) is 56.7 Å². The highest BCUT2D eigenvalue weighted by Gasteiger charge is 2.70. The van der Waals surface area contributed by atoms with E-state index in [1.54, 1.807) is 4.90 Å². The number of alkyl halides is 1. The molecule has 1 amide bonds. The van der Waals surface area contributed by atoms with Crippen molar-refractivity contribution in [3.8, 4) is 0 Å². The Bertz CT molecular complexity index is 1700. The van der Waals surface area contributed by atoms with E-state index in [2.05, 4.69) is 65.6 Å². The predicted molar refractivity (Wildman–Crippen MR) is 209 cm³/mol. The Hall–Kier alpha value is -2.00. The van der Waals surface area contributed by atoms with Gasteiger partial charge in [-0.15, -0.1) is 0 Å². The largest absolute Gasteiger partial charge is 0.481 e. The Labute approximate surface area is 319 Å². The summed E-state index contributed by atoms with van der Waals surface area (Å²) in [5.41, 5.74) is 2.94. The summed E-state index contributed by atoms with van der Waals surface area (Å²) in [6, 6.07) is 0. The number of carboxylic acid groups (broad SMARTS) is 1. The predicted octanol–water partition coefficient (Wildman–Crippen LogP) is 8.32. The maximum absolute atomic E-state index is 14.0. The molecule has 0 unspecified atom stereocenters. The van der Waals surface area contributed by atoms with Crippen molar-refractivity contribution in [3.63, 3.8) is 0 Å². The van der Waals surface area contributed by atoms with E-state index in [-0.39, 0.29) is 57.6 Å². The lowest BCUT2D eigenvalue weighted by atomic mass is 9.33. The fourth-order valence-electron chi connectivity index (χ4n) is 14.7. The van der Waals surface area contributed by atoms with Gasteiger partial charge in [-0.05, 0) is 153 Å². The summed E-state index contributed by atoms with van der Waals surface area (Å²) in [7, 11) is -3.08. The number of halogens is 1. The molecule has 6 aliphatic carbocycles. The number of hydrogen-bond donors (Lipinski definition) is 2. The molecule has 7 aliphatic rings. The Kier molecular flexibility index (Phi) is 9.85. The van der Waals surface area contributed by atoms with Crippen LogP contribution in [0.4, 0.5) is 4.39 Å². The standard InChI is InChI=1S/C44H67FN2O5S/c1-29(2)31-13-20-44(46-27-36(48)47-23-8-25-53(51,52)26-24-47)22-21-41(6)33(37(31)44)9-10-35-40(5)16-14-32(39(3,4)34(40)15-17-42(35,41)7)30-11-18-43(28-45,19-12-30)38(49)50/h11,14,31,33-35,37,46H,1,8-10,12-13,15-28H2,2-7H3,(H,49,50)/t31-,33+,34-,35+,37+,40-,41+,42+,43-,44-/m0/s1. The van der Waals surface area contributed by atoms with Gasteiger partial charge < -0.3 is 15.3 Å². The fourth-order valence-corrected chi connectivity index (χ4v) is 15.9. The van der Waals surface area contributed by atoms with E-state index in [9.17, 15) is 27.5 Å². The molecule has 0 aromatic rings. The highest BCUT2D eigenvalue weighted by molar-refractivity contribution is 7.91. The molecule has 296 valence electrons. The molecule has 9 heteroatoms. The van der Waals surface area contributed by atoms with Gasteiger partial charge in [0, 0.05) is 18.6 Å². The number of hydrogen-bond acceptors (Lipinski definition) is 5. The Morgan fingerprint density at radius 1 is 0.925 bits per heavy atom. The average Bonchev–Trinajstić information content (AvgIpc) is 3.39. The molecule has 0 aromatic carbocycles. The Morgan fingerprint density at radius 3 is 2.34 bits per heavy atom. The van der Waals surface area contributed by atoms with E-state index in [0.29, 0.717) is 61.9 Å². The van der Waals surface area contributed by atoms with Gasteiger partial charge in [-0.2, -0.15) is 0 Å². The second kappa shape index (κ2) is 13.3. The highest BCUT2D eigenvalue weighted by atomic mass is 32.2. The summed E-state index contributed by atoms with van der Waals surface area (Å²) < 4.78 is 38.5. The molecule has 0 bridgehead atoms. The zero-order valence-electron chi connectivity index (χ0n) is 33.5. The molecule has 10 atom stereocenters. The number of nitrogens with zero attached hydrogens (tertiary/aromatic N) is 1. The van der Waals surface area contributed by atoms with Gasteiger partial charge in [0.1, 0.15) is 6.67 Å². The molecule has 4 saturated carbocycles. The number of sulfone groups is 1. The van der Waals surface area contributed by atoms with Crippen LogP contribution in [0.5, 0.6) is 0 Å². The normalized spacial score (nSPS) is 44.6. The minimum atomic E-state index is -3.08. The van der Waals surface area contributed by atoms with E-state index in [1.165, 1.54) is 42.4 Å². The van der Waals surface area contributed by atoms with E-state index < -0.39 is 27.9 Å². The summed E-state index contributed by atoms with van der Waals surface area (Å²) >= 11 is 0. The minimum absolute atomic E-state index is 0.0317. The zero-order chi connectivity index (χ0) is 38.4. The van der Waals surface area contributed by atoms with E-state index in [0.717, 1.165) is 32.1 Å². The van der Waals surface area contributed by atoms with Crippen molar-refractivity contribution >= 4 is 21.7 Å². The molecule has 7 nitrogen and oxygen atoms in total. The molecule has 0 aromatic heterocycles. The smallest absolute Gasteiger partial charge is 0.312 e. The molecule has 1 aliphatic heterocycles. The number of fused-ring (bicyclic) bond motifs is 7. The maximum atomic E-state index is 14.0. The summed E-state index contributed by atoms with van der Waals surface area (Å²) in [5.74, 6) is 1.73. The average molecular weight is 755 g/mol. The van der Waals surface area contributed by atoms with Crippen molar-refractivity contribution in [3.05, 3.63) is 35.5 Å². The van der Waals surface area contributed by atoms with Gasteiger partial charge in [-0.3, -0.25) is 9.59 Å². The lowest BCUT2D eigenvalue weighted by Gasteiger charge is -2.72. The lowest BCUT2D eigenvalue weighted by molar-refractivity contribution is -0.221. The lowest BCUT2D eigenvalue weighted by Crippen LogP contribution is -2.68. The quantitative estimate of drug-likeness (QED) is 0.254. The minimum Gasteiger partial charge on any atom is -0.481 e. The van der Waals surface area contributed by atoms with Crippen molar-refractivity contribution in [2.24, 2.45) is 56.7 Å². The van der Waals surface area contributed by atoms with Gasteiger partial charge in [-0.1, -0.05) is 58.9 Å². The number of rotatable bonds is 7. The van der Waals surface area contributed by atoms with Crippen LogP contribution in [-0.4, -0.2) is 73.7 Å². The number of carboxylic acids is 1. The molecule has 2 N–H and O–H groups in total. The topological polar surface area (TPSA) is 104 Å². The van der Waals surface area contributed by atoms with Crippen molar-refractivity contribution in [2.75, 3.05) is 37.8 Å². The Morgan fingerprint density at radius 2 is 1.68 bits per heavy atom. The first-order valence-corrected chi connectivity index (χ1v) is 22.7. The number of allylic oxidation sites excluding steroid dienone is 5. The van der Waals surface area contributed by atoms with Crippen LogP contribution in [0.2, 0.25) is 0 Å². The highest BCUT2D eigenvalue weighted by Crippen LogP contribution is 2.76. The van der Waals surface area contributed by atoms with Crippen molar-refractivity contribution in [2.45, 2.75) is 131 Å². The number of amides is 1. The second-order valence-corrected chi connectivity index (χ2v) is 22.6. The number of carbonyl (C=O) groups is 2. The van der Waals surface area contributed by atoms with Crippen LogP contribution in [0.1, 0.15) is 125 Å². The summed E-state index contributed by atoms with van der Waals surface area (Å²) in [6.45, 7) is 19.7. The molecule has 5 fully saturated rings. The van der Waals surface area contributed by atoms with E-state index in [4.69, 9.17) is 0 Å². The van der Waals surface area contributed by atoms with Gasteiger partial charge in [0.15, 0.2) is 9.84 Å². The molecule has 7 rings (SSSR count). The van der Waals surface area contributed by atoms with Crippen LogP contribution in [0.15, 0.2) is 35.5 Å². The first-order chi connectivity index (χ1) is 24.8. The molecule has 53 heavy (non-hydrogen) atoms. The number of carbonyl (C=O) groups excluding carboxylic acids is 1. The van der Waals surface area contributed by atoms with Gasteiger partial charge >= 0.3 is 5.97 Å². The Balaban J connectivity index is 1.14. The van der Waals surface area contributed by atoms with E-state index >= 15 is 0 Å². The van der Waals surface area contributed by atoms with Crippen LogP contribution in [-0.2, 0) is 19.4 Å². The molecule has 0 spiro atoms. The monoisotopic (exact) mass is 754 g/mol. The van der Waals surface area contributed by atoms with Crippen LogP contribution < -0.4 is 5.32 Å². The summed E-state index contributed by atoms with van der Waals surface area (Å²) in [4.78, 5) is 27.4. The summed E-state index contributed by atoms with van der Waals surface area (Å²) in [6.07, 6.45) is 16.5. The number of aliphatic carboxylic acids is 1. The van der Waals surface area contributed by atoms with E-state index in [1.807, 2.05) is 0 Å². The second-order valence-electron chi connectivity index (χ2n) is 20.3. The maximum Gasteiger partial charge on any atom is 0.312 e. The van der Waals surface area contributed by atoms with Crippen LogP contribution in [0.25, 0.3) is 0 Å². The third kappa shape index (κ3) is 5.96. The molecule has 1 heterocycles. The van der Waals surface area contributed by atoms with Gasteiger partial charge in [0.2, 0.25) is 5.91 Å². The molecular formula is C44H67FN2O5S. The summed E-state index contributed by atoms with van der Waals surface area (Å²) in [5, 5.41) is 13.7. The van der Waals surface area contributed by atoms with Crippen LogP contribution in [0.3, 0.4) is 0 Å². The van der Waals surface area contributed by atoms with Gasteiger partial charge in [0.05, 0.1) is 23.5 Å². The first-order valence-electron chi connectivity index (χ1n) is 20.9. The third-order valence-corrected chi connectivity index (χ3v) is 19.5. The molecular weight excluding hydrogens is 688 g/mol. The zero-order valence-corrected chi connectivity index (χ0v) is 34.3. The van der Waals surface area contributed by atoms with Gasteiger partial charge in [0.25, 0.3) is 0 Å². The molecule has 0 radical (unpaired) electrons. The third-order valence-electron chi connectivity index (χ3n) is 17.8. The van der Waals surface area contributed by atoms with Crippen molar-refractivity contribution in [1.82, 2.24) is 10.2 Å². The van der Waals surface area contributed by atoms with Crippen molar-refractivity contribution in [1.29, 1.82) is 0 Å². The number of nitrogens with one attached hydrogen (secondary N) is 1. The fraction of sp³-hybridized carbons (Fsp3) is 0.818. The molecule has 1 saturated heterocycles. The first kappa shape index (κ1) is 39.2. The van der Waals surface area contributed by atoms with Crippen molar-refractivity contribution < 1.29 is 27.5 Å².